The summed E-state index contributed by atoms with van der Waals surface area (Å²) in [7, 11) is 1.77. The molecule has 1 heterocycles. The van der Waals surface area contributed by atoms with Gasteiger partial charge in [-0.15, -0.1) is 0 Å². The Balaban J connectivity index is 1.96. The lowest BCUT2D eigenvalue weighted by Gasteiger charge is -2.23. The van der Waals surface area contributed by atoms with Crippen molar-refractivity contribution in [2.75, 3.05) is 11.9 Å². The van der Waals surface area contributed by atoms with Crippen molar-refractivity contribution in [2.24, 2.45) is 0 Å². The molecule has 0 radical (unpaired) electrons. The third-order valence-corrected chi connectivity index (χ3v) is 5.97. The lowest BCUT2D eigenvalue weighted by Crippen LogP contribution is -2.34. The first-order chi connectivity index (χ1) is 13.4. The van der Waals surface area contributed by atoms with Crippen LogP contribution in [0, 0.1) is 0 Å². The molecule has 5 nitrogen and oxygen atoms in total. The number of rotatable bonds is 6. The van der Waals surface area contributed by atoms with E-state index in [1.807, 2.05) is 69.3 Å². The molecule has 146 valence electrons. The van der Waals surface area contributed by atoms with Crippen LogP contribution >= 0.6 is 11.8 Å². The molecule has 2 atom stereocenters. The Kier molecular flexibility index (Phi) is 6.19. The minimum Gasteiger partial charge on any atom is -0.315 e. The molecule has 0 aliphatic rings. The number of hydrogen-bond donors (Lipinski definition) is 0. The lowest BCUT2D eigenvalue weighted by atomic mass is 10.2. The van der Waals surface area contributed by atoms with Crippen LogP contribution in [0.5, 0.6) is 0 Å². The van der Waals surface area contributed by atoms with Gasteiger partial charge < -0.3 is 4.90 Å². The van der Waals surface area contributed by atoms with Crippen LogP contribution in [0.1, 0.15) is 33.2 Å². The van der Waals surface area contributed by atoms with Crippen LogP contribution in [0.4, 0.5) is 5.69 Å². The molecule has 2 aromatic carbocycles. The first-order valence-corrected chi connectivity index (χ1v) is 10.3. The van der Waals surface area contributed by atoms with Crippen molar-refractivity contribution in [2.45, 2.75) is 43.6 Å². The molecule has 0 spiro atoms. The van der Waals surface area contributed by atoms with Crippen LogP contribution in [0.2, 0.25) is 0 Å². The van der Waals surface area contributed by atoms with Gasteiger partial charge in [0.25, 0.3) is 5.56 Å². The predicted molar refractivity (Wildman–Crippen MR) is 116 cm³/mol. The molecular weight excluding hydrogens is 370 g/mol. The van der Waals surface area contributed by atoms with E-state index < -0.39 is 0 Å². The standard InChI is InChI=1S/C22H25N3O2S/c1-5-15(2)25-21(27)18-13-9-10-14-19(18)23-22(25)28-16(3)20(26)24(4)17-11-7-6-8-12-17/h6-16H,5H2,1-4H3/t15-,16+/m0/s1. The number of anilines is 1. The van der Waals surface area contributed by atoms with E-state index in [1.54, 1.807) is 22.6 Å². The van der Waals surface area contributed by atoms with Gasteiger partial charge in [0.15, 0.2) is 5.16 Å². The van der Waals surface area contributed by atoms with E-state index in [1.165, 1.54) is 11.8 Å². The van der Waals surface area contributed by atoms with Crippen molar-refractivity contribution in [3.8, 4) is 0 Å². The van der Waals surface area contributed by atoms with Gasteiger partial charge in [-0.3, -0.25) is 14.2 Å². The van der Waals surface area contributed by atoms with Crippen molar-refractivity contribution in [3.05, 3.63) is 65.0 Å². The topological polar surface area (TPSA) is 55.2 Å². The van der Waals surface area contributed by atoms with Gasteiger partial charge in [0.2, 0.25) is 5.91 Å². The minimum atomic E-state index is -0.381. The number of fused-ring (bicyclic) bond motifs is 1. The van der Waals surface area contributed by atoms with Gasteiger partial charge in [-0.05, 0) is 44.5 Å². The minimum absolute atomic E-state index is 0.00117. The largest absolute Gasteiger partial charge is 0.315 e. The molecule has 3 rings (SSSR count). The maximum Gasteiger partial charge on any atom is 0.262 e. The first kappa shape index (κ1) is 20.1. The fraction of sp³-hybridized carbons (Fsp3) is 0.318. The molecule has 28 heavy (non-hydrogen) atoms. The Labute approximate surface area is 169 Å². The molecule has 0 saturated carbocycles. The fourth-order valence-electron chi connectivity index (χ4n) is 3.04. The Morgan fingerprint density at radius 2 is 1.75 bits per heavy atom. The average molecular weight is 396 g/mol. The molecular formula is C22H25N3O2S. The van der Waals surface area contributed by atoms with Gasteiger partial charge in [0.05, 0.1) is 16.2 Å². The number of carbonyl (C=O) groups excluding carboxylic acids is 1. The molecule has 0 fully saturated rings. The quantitative estimate of drug-likeness (QED) is 0.455. The number of carbonyl (C=O) groups is 1. The molecule has 1 amide bonds. The van der Waals surface area contributed by atoms with Crippen LogP contribution in [0.3, 0.4) is 0 Å². The smallest absolute Gasteiger partial charge is 0.262 e. The van der Waals surface area contributed by atoms with Gasteiger partial charge in [0, 0.05) is 18.8 Å². The highest BCUT2D eigenvalue weighted by Crippen LogP contribution is 2.27. The summed E-state index contributed by atoms with van der Waals surface area (Å²) in [5.74, 6) is -0.0330. The van der Waals surface area contributed by atoms with Gasteiger partial charge in [0.1, 0.15) is 0 Å². The summed E-state index contributed by atoms with van der Waals surface area (Å²) in [5, 5.41) is 0.807. The highest BCUT2D eigenvalue weighted by Gasteiger charge is 2.24. The average Bonchev–Trinajstić information content (AvgIpc) is 2.73. The van der Waals surface area contributed by atoms with Crippen LogP contribution in [-0.4, -0.2) is 27.8 Å². The predicted octanol–water partition coefficient (Wildman–Crippen LogP) is 4.51. The number of nitrogens with zero attached hydrogens (tertiary/aromatic N) is 3. The van der Waals surface area contributed by atoms with E-state index in [-0.39, 0.29) is 22.8 Å². The summed E-state index contributed by atoms with van der Waals surface area (Å²) in [4.78, 5) is 32.4. The number of para-hydroxylation sites is 2. The van der Waals surface area contributed by atoms with E-state index in [9.17, 15) is 9.59 Å². The summed E-state index contributed by atoms with van der Waals surface area (Å²) in [5.41, 5.74) is 1.44. The van der Waals surface area contributed by atoms with Crippen molar-refractivity contribution in [1.29, 1.82) is 0 Å². The van der Waals surface area contributed by atoms with Crippen LogP contribution in [0.25, 0.3) is 10.9 Å². The summed E-state index contributed by atoms with van der Waals surface area (Å²) >= 11 is 1.33. The number of amides is 1. The van der Waals surface area contributed by atoms with E-state index in [2.05, 4.69) is 0 Å². The van der Waals surface area contributed by atoms with Gasteiger partial charge in [-0.25, -0.2) is 4.98 Å². The van der Waals surface area contributed by atoms with Crippen molar-refractivity contribution in [3.63, 3.8) is 0 Å². The van der Waals surface area contributed by atoms with Crippen molar-refractivity contribution >= 4 is 34.3 Å². The maximum absolute atomic E-state index is 13.1. The van der Waals surface area contributed by atoms with E-state index >= 15 is 0 Å². The van der Waals surface area contributed by atoms with Crippen molar-refractivity contribution < 1.29 is 4.79 Å². The molecule has 6 heteroatoms. The number of hydrogen-bond acceptors (Lipinski definition) is 4. The third kappa shape index (κ3) is 3.97. The lowest BCUT2D eigenvalue weighted by molar-refractivity contribution is -0.117. The Morgan fingerprint density at radius 3 is 2.43 bits per heavy atom. The van der Waals surface area contributed by atoms with E-state index in [0.29, 0.717) is 16.1 Å². The maximum atomic E-state index is 13.1. The second-order valence-corrected chi connectivity index (χ2v) is 8.14. The van der Waals surface area contributed by atoms with E-state index in [0.717, 1.165) is 12.1 Å². The molecule has 0 aliphatic carbocycles. The highest BCUT2D eigenvalue weighted by molar-refractivity contribution is 8.00. The number of aromatic nitrogens is 2. The fourth-order valence-corrected chi connectivity index (χ4v) is 4.14. The Morgan fingerprint density at radius 1 is 1.11 bits per heavy atom. The summed E-state index contributed by atoms with van der Waals surface area (Å²) < 4.78 is 1.72. The second-order valence-electron chi connectivity index (χ2n) is 6.84. The zero-order chi connectivity index (χ0) is 20.3. The van der Waals surface area contributed by atoms with Gasteiger partial charge >= 0.3 is 0 Å². The summed E-state index contributed by atoms with van der Waals surface area (Å²) in [6.45, 7) is 5.90. The van der Waals surface area contributed by atoms with Gasteiger partial charge in [-0.2, -0.15) is 0 Å². The van der Waals surface area contributed by atoms with Crippen molar-refractivity contribution in [1.82, 2.24) is 9.55 Å². The number of thioether (sulfide) groups is 1. The van der Waals surface area contributed by atoms with Crippen LogP contribution < -0.4 is 10.5 Å². The summed E-state index contributed by atoms with van der Waals surface area (Å²) in [6.07, 6.45) is 0.805. The van der Waals surface area contributed by atoms with Crippen LogP contribution in [0.15, 0.2) is 64.5 Å². The third-order valence-electron chi connectivity index (χ3n) is 4.91. The molecule has 1 aromatic heterocycles. The SMILES string of the molecule is CC[C@H](C)n1c(S[C@H](C)C(=O)N(C)c2ccccc2)nc2ccccc2c1=O. The normalized spacial score (nSPS) is 13.3. The molecule has 0 unspecified atom stereocenters. The molecule has 0 bridgehead atoms. The molecule has 0 aliphatic heterocycles. The first-order valence-electron chi connectivity index (χ1n) is 9.44. The van der Waals surface area contributed by atoms with Gasteiger partial charge in [-0.1, -0.05) is 49.0 Å². The van der Waals surface area contributed by atoms with E-state index in [4.69, 9.17) is 4.98 Å². The summed E-state index contributed by atoms with van der Waals surface area (Å²) in [6, 6.07) is 16.9. The highest BCUT2D eigenvalue weighted by atomic mass is 32.2. The Hall–Kier alpha value is -2.60. The molecule has 3 aromatic rings. The Bertz CT molecular complexity index is 1030. The molecule has 0 N–H and O–H groups in total. The monoisotopic (exact) mass is 395 g/mol. The number of benzene rings is 2. The second kappa shape index (κ2) is 8.61. The zero-order valence-electron chi connectivity index (χ0n) is 16.6. The molecule has 0 saturated heterocycles. The van der Waals surface area contributed by atoms with Crippen LogP contribution in [-0.2, 0) is 4.79 Å². The zero-order valence-corrected chi connectivity index (χ0v) is 17.4.